The molecule has 0 unspecified atom stereocenters. The van der Waals surface area contributed by atoms with Crippen LogP contribution in [0.5, 0.6) is 5.75 Å². The van der Waals surface area contributed by atoms with Crippen molar-refractivity contribution in [2.45, 2.75) is 32.6 Å². The fourth-order valence-electron chi connectivity index (χ4n) is 2.71. The van der Waals surface area contributed by atoms with E-state index >= 15 is 0 Å². The minimum absolute atomic E-state index is 0. The highest BCUT2D eigenvalue weighted by molar-refractivity contribution is 5.92. The summed E-state index contributed by atoms with van der Waals surface area (Å²) in [4.78, 5) is 12.2. The lowest BCUT2D eigenvalue weighted by atomic mass is 9.81. The lowest BCUT2D eigenvalue weighted by molar-refractivity contribution is -0.121. The Morgan fingerprint density at radius 3 is 2.38 bits per heavy atom. The van der Waals surface area contributed by atoms with Gasteiger partial charge >= 0.3 is 0 Å². The van der Waals surface area contributed by atoms with Crippen LogP contribution >= 0.6 is 12.4 Å². The third-order valence-corrected chi connectivity index (χ3v) is 3.98. The summed E-state index contributed by atoms with van der Waals surface area (Å²) in [5, 5.41) is 2.99. The van der Waals surface area contributed by atoms with Crippen LogP contribution in [-0.2, 0) is 4.79 Å². The lowest BCUT2D eigenvalue weighted by Crippen LogP contribution is -2.29. The summed E-state index contributed by atoms with van der Waals surface area (Å²) in [6.07, 6.45) is 4.03. The first kappa shape index (κ1) is 17.8. The zero-order chi connectivity index (χ0) is 14.4. The highest BCUT2D eigenvalue weighted by Gasteiger charge is 2.25. The molecule has 1 amide bonds. The number of benzene rings is 1. The zero-order valence-corrected chi connectivity index (χ0v) is 13.3. The van der Waals surface area contributed by atoms with Crippen LogP contribution < -0.4 is 15.8 Å². The summed E-state index contributed by atoms with van der Waals surface area (Å²) < 4.78 is 5.38. The van der Waals surface area contributed by atoms with Gasteiger partial charge in [-0.25, -0.2) is 0 Å². The number of halogens is 1. The molecular formula is C16H25ClN2O2. The molecule has 1 aromatic rings. The molecule has 0 radical (unpaired) electrons. The van der Waals surface area contributed by atoms with Crippen molar-refractivity contribution in [3.63, 3.8) is 0 Å². The van der Waals surface area contributed by atoms with Gasteiger partial charge in [0, 0.05) is 11.6 Å². The molecule has 1 aliphatic carbocycles. The van der Waals surface area contributed by atoms with E-state index in [9.17, 15) is 4.79 Å². The van der Waals surface area contributed by atoms with E-state index < -0.39 is 0 Å². The van der Waals surface area contributed by atoms with Crippen molar-refractivity contribution in [1.29, 1.82) is 0 Å². The van der Waals surface area contributed by atoms with Gasteiger partial charge in [0.05, 0.1) is 6.61 Å². The summed E-state index contributed by atoms with van der Waals surface area (Å²) >= 11 is 0. The monoisotopic (exact) mass is 312 g/mol. The van der Waals surface area contributed by atoms with Gasteiger partial charge in [0.2, 0.25) is 5.91 Å². The van der Waals surface area contributed by atoms with E-state index in [0.717, 1.165) is 43.7 Å². The first-order valence-corrected chi connectivity index (χ1v) is 7.46. The molecule has 0 bridgehead atoms. The van der Waals surface area contributed by atoms with Crippen molar-refractivity contribution < 1.29 is 9.53 Å². The molecule has 5 heteroatoms. The summed E-state index contributed by atoms with van der Waals surface area (Å²) in [6.45, 7) is 3.34. The molecule has 118 valence electrons. The normalized spacial score (nSPS) is 21.2. The van der Waals surface area contributed by atoms with Crippen molar-refractivity contribution in [2.24, 2.45) is 17.6 Å². The molecule has 1 saturated carbocycles. The fraction of sp³-hybridized carbons (Fsp3) is 0.562. The quantitative estimate of drug-likeness (QED) is 0.877. The van der Waals surface area contributed by atoms with Gasteiger partial charge in [0.25, 0.3) is 0 Å². The molecular weight excluding hydrogens is 288 g/mol. The molecule has 21 heavy (non-hydrogen) atoms. The van der Waals surface area contributed by atoms with Gasteiger partial charge in [-0.05, 0) is 69.3 Å². The minimum atomic E-state index is 0. The first-order valence-electron chi connectivity index (χ1n) is 7.46. The van der Waals surface area contributed by atoms with Gasteiger partial charge in [0.1, 0.15) is 5.75 Å². The fourth-order valence-corrected chi connectivity index (χ4v) is 2.71. The summed E-state index contributed by atoms with van der Waals surface area (Å²) in [7, 11) is 0. The van der Waals surface area contributed by atoms with Crippen molar-refractivity contribution in [1.82, 2.24) is 0 Å². The molecule has 0 aliphatic heterocycles. The van der Waals surface area contributed by atoms with Gasteiger partial charge in [0.15, 0.2) is 0 Å². The molecule has 1 fully saturated rings. The number of nitrogens with one attached hydrogen (secondary N) is 1. The number of hydrogen-bond donors (Lipinski definition) is 2. The average molecular weight is 313 g/mol. The number of hydrogen-bond acceptors (Lipinski definition) is 3. The SMILES string of the molecule is CCOc1ccc(NC(=O)C2CCC(CN)CC2)cc1.Cl. The molecule has 0 heterocycles. The predicted molar refractivity (Wildman–Crippen MR) is 88.0 cm³/mol. The van der Waals surface area contributed by atoms with E-state index in [1.54, 1.807) is 0 Å². The molecule has 0 atom stereocenters. The largest absolute Gasteiger partial charge is 0.494 e. The number of amides is 1. The van der Waals surface area contributed by atoms with E-state index in [4.69, 9.17) is 10.5 Å². The number of ether oxygens (including phenoxy) is 1. The summed E-state index contributed by atoms with van der Waals surface area (Å²) in [5.41, 5.74) is 6.51. The van der Waals surface area contributed by atoms with Crippen molar-refractivity contribution in [2.75, 3.05) is 18.5 Å². The first-order chi connectivity index (χ1) is 9.72. The molecule has 1 aromatic carbocycles. The minimum Gasteiger partial charge on any atom is -0.494 e. The number of anilines is 1. The third kappa shape index (κ3) is 5.21. The van der Waals surface area contributed by atoms with Crippen LogP contribution in [0.1, 0.15) is 32.6 Å². The predicted octanol–water partition coefficient (Wildman–Crippen LogP) is 3.21. The van der Waals surface area contributed by atoms with E-state index in [0.29, 0.717) is 12.5 Å². The molecule has 0 aromatic heterocycles. The second-order valence-electron chi connectivity index (χ2n) is 5.40. The van der Waals surface area contributed by atoms with Crippen LogP contribution in [0.2, 0.25) is 0 Å². The Kier molecular flexibility index (Phi) is 7.54. The number of rotatable bonds is 5. The summed E-state index contributed by atoms with van der Waals surface area (Å²) in [6, 6.07) is 7.53. The molecule has 0 saturated heterocycles. The van der Waals surface area contributed by atoms with E-state index in [1.165, 1.54) is 0 Å². The highest BCUT2D eigenvalue weighted by atomic mass is 35.5. The smallest absolute Gasteiger partial charge is 0.227 e. The molecule has 3 N–H and O–H groups in total. The molecule has 0 spiro atoms. The molecule has 2 rings (SSSR count). The second-order valence-corrected chi connectivity index (χ2v) is 5.40. The maximum atomic E-state index is 12.2. The van der Waals surface area contributed by atoms with Crippen LogP contribution in [0.15, 0.2) is 24.3 Å². The Morgan fingerprint density at radius 1 is 1.24 bits per heavy atom. The Bertz CT molecular complexity index is 428. The topological polar surface area (TPSA) is 64.3 Å². The van der Waals surface area contributed by atoms with Crippen molar-refractivity contribution in [3.05, 3.63) is 24.3 Å². The second kappa shape index (κ2) is 8.90. The van der Waals surface area contributed by atoms with Crippen LogP contribution in [0.25, 0.3) is 0 Å². The Morgan fingerprint density at radius 2 is 1.86 bits per heavy atom. The van der Waals surface area contributed by atoms with E-state index in [-0.39, 0.29) is 24.2 Å². The lowest BCUT2D eigenvalue weighted by Gasteiger charge is -2.26. The Labute approximate surface area is 132 Å². The average Bonchev–Trinajstić information content (AvgIpc) is 2.49. The van der Waals surface area contributed by atoms with Gasteiger partial charge in [-0.1, -0.05) is 0 Å². The Hall–Kier alpha value is -1.26. The van der Waals surface area contributed by atoms with Crippen LogP contribution in [0.4, 0.5) is 5.69 Å². The maximum Gasteiger partial charge on any atom is 0.227 e. The number of carbonyl (C=O) groups is 1. The molecule has 1 aliphatic rings. The summed E-state index contributed by atoms with van der Waals surface area (Å²) in [5.74, 6) is 1.69. The van der Waals surface area contributed by atoms with Crippen LogP contribution in [-0.4, -0.2) is 19.1 Å². The van der Waals surface area contributed by atoms with Gasteiger partial charge in [-0.15, -0.1) is 12.4 Å². The maximum absolute atomic E-state index is 12.2. The van der Waals surface area contributed by atoms with Gasteiger partial charge in [-0.3, -0.25) is 4.79 Å². The van der Waals surface area contributed by atoms with Gasteiger partial charge in [-0.2, -0.15) is 0 Å². The van der Waals surface area contributed by atoms with Crippen molar-refractivity contribution >= 4 is 24.0 Å². The number of nitrogens with two attached hydrogens (primary N) is 1. The zero-order valence-electron chi connectivity index (χ0n) is 12.5. The highest BCUT2D eigenvalue weighted by Crippen LogP contribution is 2.29. The molecule has 4 nitrogen and oxygen atoms in total. The van der Waals surface area contributed by atoms with Crippen LogP contribution in [0, 0.1) is 11.8 Å². The van der Waals surface area contributed by atoms with Crippen molar-refractivity contribution in [3.8, 4) is 5.75 Å². The van der Waals surface area contributed by atoms with Gasteiger partial charge < -0.3 is 15.8 Å². The number of carbonyl (C=O) groups excluding carboxylic acids is 1. The van der Waals surface area contributed by atoms with E-state index in [2.05, 4.69) is 5.32 Å². The Balaban J connectivity index is 0.00000220. The van der Waals surface area contributed by atoms with Crippen LogP contribution in [0.3, 0.4) is 0 Å². The van der Waals surface area contributed by atoms with E-state index in [1.807, 2.05) is 31.2 Å². The third-order valence-electron chi connectivity index (χ3n) is 3.98. The standard InChI is InChI=1S/C16H24N2O2.ClH/c1-2-20-15-9-7-14(8-10-15)18-16(19)13-5-3-12(11-17)4-6-13;/h7-10,12-13H,2-6,11,17H2,1H3,(H,18,19);1H.